The molecule has 1 saturated heterocycles. The number of hydrogen-bond acceptors (Lipinski definition) is 4. The number of rotatable bonds is 6. The van der Waals surface area contributed by atoms with Gasteiger partial charge in [0.1, 0.15) is 5.54 Å². The molecule has 2 amide bonds. The van der Waals surface area contributed by atoms with Gasteiger partial charge in [-0.2, -0.15) is 5.26 Å². The monoisotopic (exact) mass is 374 g/mol. The average Bonchev–Trinajstić information content (AvgIpc) is 3.35. The molecule has 7 heteroatoms. The van der Waals surface area contributed by atoms with Crippen molar-refractivity contribution in [2.24, 2.45) is 5.92 Å². The summed E-state index contributed by atoms with van der Waals surface area (Å²) in [5.74, 6) is -0.114. The van der Waals surface area contributed by atoms with Crippen LogP contribution < -0.4 is 10.6 Å². The minimum Gasteiger partial charge on any atom is -0.375 e. The molecule has 1 aromatic carbocycles. The van der Waals surface area contributed by atoms with Gasteiger partial charge in [0.15, 0.2) is 0 Å². The number of hydrogen-bond donors (Lipinski definition) is 2. The molecule has 6 nitrogen and oxygen atoms in total. The van der Waals surface area contributed by atoms with Gasteiger partial charge in [-0.3, -0.25) is 9.59 Å². The van der Waals surface area contributed by atoms with Gasteiger partial charge in [0.2, 0.25) is 5.91 Å². The lowest BCUT2D eigenvalue weighted by molar-refractivity contribution is -0.120. The lowest BCUT2D eigenvalue weighted by Crippen LogP contribution is -2.48. The fourth-order valence-corrected chi connectivity index (χ4v) is 3.50. The summed E-state index contributed by atoms with van der Waals surface area (Å²) < 4.78 is 0. The van der Waals surface area contributed by atoms with Crippen LogP contribution in [0.5, 0.6) is 0 Å². The third-order valence-electron chi connectivity index (χ3n) is 5.07. The average molecular weight is 375 g/mol. The van der Waals surface area contributed by atoms with Gasteiger partial charge in [0.05, 0.1) is 18.2 Å². The molecule has 0 radical (unpaired) electrons. The quantitative estimate of drug-likeness (QED) is 0.801. The molecule has 3 rings (SSSR count). The van der Waals surface area contributed by atoms with Gasteiger partial charge in [-0.05, 0) is 56.7 Å². The molecule has 0 unspecified atom stereocenters. The second kappa shape index (κ2) is 7.55. The Bertz CT molecular complexity index is 750. The molecular weight excluding hydrogens is 352 g/mol. The molecule has 1 saturated carbocycles. The van der Waals surface area contributed by atoms with E-state index in [9.17, 15) is 14.9 Å². The molecule has 0 spiro atoms. The predicted molar refractivity (Wildman–Crippen MR) is 100.0 cm³/mol. The Morgan fingerprint density at radius 2 is 2.04 bits per heavy atom. The fourth-order valence-electron chi connectivity index (χ4n) is 3.33. The van der Waals surface area contributed by atoms with Crippen molar-refractivity contribution in [1.29, 1.82) is 5.26 Å². The standard InChI is InChI=1S/C19H23ClN4O2/c1-19(12-21,13-4-5-13)23-17(25)11-22-16-10-14(20)6-7-15(16)18(26)24-8-2-3-9-24/h6-7,10,13,22H,2-5,8-9,11H2,1H3,(H,23,25)/t19-/m1/s1. The lowest BCUT2D eigenvalue weighted by atomic mass is 9.98. The van der Waals surface area contributed by atoms with Gasteiger partial charge < -0.3 is 15.5 Å². The SMILES string of the molecule is C[C@](C#N)(NC(=O)CNc1cc(Cl)ccc1C(=O)N1CCCC1)C1CC1. The van der Waals surface area contributed by atoms with E-state index < -0.39 is 5.54 Å². The van der Waals surface area contributed by atoms with E-state index in [0.717, 1.165) is 38.8 Å². The number of nitrogens with zero attached hydrogens (tertiary/aromatic N) is 2. The highest BCUT2D eigenvalue weighted by molar-refractivity contribution is 6.31. The highest BCUT2D eigenvalue weighted by Gasteiger charge is 2.42. The smallest absolute Gasteiger partial charge is 0.255 e. The van der Waals surface area contributed by atoms with Crippen LogP contribution in [-0.4, -0.2) is 41.9 Å². The van der Waals surface area contributed by atoms with Crippen LogP contribution in [0.1, 0.15) is 43.0 Å². The summed E-state index contributed by atoms with van der Waals surface area (Å²) in [4.78, 5) is 26.8. The van der Waals surface area contributed by atoms with Crippen LogP contribution in [0.3, 0.4) is 0 Å². The number of nitrogens with one attached hydrogen (secondary N) is 2. The number of carbonyl (C=O) groups excluding carboxylic acids is 2. The number of carbonyl (C=O) groups is 2. The number of likely N-dealkylation sites (tertiary alicyclic amines) is 1. The fraction of sp³-hybridized carbons (Fsp3) is 0.526. The molecule has 1 aromatic rings. The molecule has 2 fully saturated rings. The Morgan fingerprint density at radius 3 is 2.65 bits per heavy atom. The zero-order valence-electron chi connectivity index (χ0n) is 14.8. The number of halogens is 1. The highest BCUT2D eigenvalue weighted by atomic mass is 35.5. The van der Waals surface area contributed by atoms with Crippen LogP contribution in [0.2, 0.25) is 5.02 Å². The van der Waals surface area contributed by atoms with Crippen molar-refractivity contribution in [1.82, 2.24) is 10.2 Å². The van der Waals surface area contributed by atoms with Gasteiger partial charge in [-0.15, -0.1) is 0 Å². The van der Waals surface area contributed by atoms with E-state index in [1.807, 2.05) is 4.90 Å². The van der Waals surface area contributed by atoms with E-state index in [0.29, 0.717) is 16.3 Å². The summed E-state index contributed by atoms with van der Waals surface area (Å²) >= 11 is 6.07. The van der Waals surface area contributed by atoms with Crippen molar-refractivity contribution in [2.75, 3.05) is 25.0 Å². The topological polar surface area (TPSA) is 85.2 Å². The first-order chi connectivity index (χ1) is 12.4. The van der Waals surface area contributed by atoms with Gasteiger partial charge >= 0.3 is 0 Å². The summed E-state index contributed by atoms with van der Waals surface area (Å²) in [6, 6.07) is 7.22. The number of anilines is 1. The van der Waals surface area contributed by atoms with Crippen molar-refractivity contribution >= 4 is 29.1 Å². The first kappa shape index (κ1) is 18.5. The van der Waals surface area contributed by atoms with E-state index in [1.54, 1.807) is 25.1 Å². The van der Waals surface area contributed by atoms with Gasteiger partial charge in [-0.25, -0.2) is 0 Å². The molecule has 2 N–H and O–H groups in total. The molecule has 1 atom stereocenters. The molecule has 1 aliphatic heterocycles. The summed E-state index contributed by atoms with van der Waals surface area (Å²) in [6.45, 7) is 3.24. The van der Waals surface area contributed by atoms with E-state index in [4.69, 9.17) is 11.6 Å². The van der Waals surface area contributed by atoms with Crippen molar-refractivity contribution < 1.29 is 9.59 Å². The predicted octanol–water partition coefficient (Wildman–Crippen LogP) is 2.80. The number of benzene rings is 1. The van der Waals surface area contributed by atoms with E-state index in [2.05, 4.69) is 16.7 Å². The Balaban J connectivity index is 1.67. The molecule has 138 valence electrons. The molecular formula is C19H23ClN4O2. The molecule has 1 aliphatic carbocycles. The molecule has 0 bridgehead atoms. The number of nitriles is 1. The van der Waals surface area contributed by atoms with Gasteiger partial charge in [0.25, 0.3) is 5.91 Å². The van der Waals surface area contributed by atoms with Crippen LogP contribution in [0.25, 0.3) is 0 Å². The van der Waals surface area contributed by atoms with Gasteiger partial charge in [0, 0.05) is 23.8 Å². The van der Waals surface area contributed by atoms with Crippen molar-refractivity contribution in [3.63, 3.8) is 0 Å². The van der Waals surface area contributed by atoms with Crippen LogP contribution in [0.15, 0.2) is 18.2 Å². The minimum absolute atomic E-state index is 0.0232. The molecule has 2 aliphatic rings. The Kier molecular flexibility index (Phi) is 5.38. The molecule has 0 aromatic heterocycles. The first-order valence-electron chi connectivity index (χ1n) is 8.98. The summed E-state index contributed by atoms with van der Waals surface area (Å²) in [7, 11) is 0. The summed E-state index contributed by atoms with van der Waals surface area (Å²) in [5.41, 5.74) is 0.213. The van der Waals surface area contributed by atoms with Crippen LogP contribution >= 0.6 is 11.6 Å². The van der Waals surface area contributed by atoms with E-state index in [-0.39, 0.29) is 24.3 Å². The highest BCUT2D eigenvalue weighted by Crippen LogP contribution is 2.39. The summed E-state index contributed by atoms with van der Waals surface area (Å²) in [6.07, 6.45) is 3.94. The maximum absolute atomic E-state index is 12.7. The van der Waals surface area contributed by atoms with Crippen molar-refractivity contribution in [3.05, 3.63) is 28.8 Å². The first-order valence-corrected chi connectivity index (χ1v) is 9.36. The van der Waals surface area contributed by atoms with Crippen LogP contribution in [0.4, 0.5) is 5.69 Å². The Labute approximate surface area is 158 Å². The second-order valence-electron chi connectivity index (χ2n) is 7.18. The maximum atomic E-state index is 12.7. The third-order valence-corrected chi connectivity index (χ3v) is 5.30. The van der Waals surface area contributed by atoms with Crippen molar-refractivity contribution in [3.8, 4) is 6.07 Å². The van der Waals surface area contributed by atoms with E-state index >= 15 is 0 Å². The normalized spacial score (nSPS) is 18.7. The Morgan fingerprint density at radius 1 is 1.35 bits per heavy atom. The van der Waals surface area contributed by atoms with E-state index in [1.165, 1.54) is 0 Å². The maximum Gasteiger partial charge on any atom is 0.255 e. The Hall–Kier alpha value is -2.26. The third kappa shape index (κ3) is 4.10. The zero-order valence-corrected chi connectivity index (χ0v) is 15.6. The second-order valence-corrected chi connectivity index (χ2v) is 7.62. The van der Waals surface area contributed by atoms with Crippen LogP contribution in [-0.2, 0) is 4.79 Å². The summed E-state index contributed by atoms with van der Waals surface area (Å²) in [5, 5.41) is 15.7. The minimum atomic E-state index is -0.832. The van der Waals surface area contributed by atoms with Crippen LogP contribution in [0, 0.1) is 17.2 Å². The zero-order chi connectivity index (χ0) is 18.7. The lowest BCUT2D eigenvalue weighted by Gasteiger charge is -2.23. The number of amides is 2. The van der Waals surface area contributed by atoms with Gasteiger partial charge in [-0.1, -0.05) is 11.6 Å². The molecule has 1 heterocycles. The largest absolute Gasteiger partial charge is 0.375 e. The van der Waals surface area contributed by atoms with Crippen molar-refractivity contribution in [2.45, 2.75) is 38.1 Å². The molecule has 26 heavy (non-hydrogen) atoms.